The monoisotopic (exact) mass is 315 g/mol. The highest BCUT2D eigenvalue weighted by molar-refractivity contribution is 5.25. The Hall–Kier alpha value is -2.47. The van der Waals surface area contributed by atoms with Gasteiger partial charge in [0.1, 0.15) is 0 Å². The van der Waals surface area contributed by atoms with E-state index >= 15 is 0 Å². The zero-order valence-electron chi connectivity index (χ0n) is 13.6. The van der Waals surface area contributed by atoms with E-state index < -0.39 is 4.92 Å². The van der Waals surface area contributed by atoms with Gasteiger partial charge in [-0.1, -0.05) is 38.1 Å². The second kappa shape index (κ2) is 7.19. The van der Waals surface area contributed by atoms with Gasteiger partial charge in [-0.3, -0.25) is 24.4 Å². The van der Waals surface area contributed by atoms with Crippen LogP contribution in [0.3, 0.4) is 0 Å². The van der Waals surface area contributed by atoms with Crippen molar-refractivity contribution < 1.29 is 4.92 Å². The third-order valence-electron chi connectivity index (χ3n) is 3.67. The summed E-state index contributed by atoms with van der Waals surface area (Å²) < 4.78 is 1.35. The highest BCUT2D eigenvalue weighted by Gasteiger charge is 2.09. The average Bonchev–Trinajstić information content (AvgIpc) is 2.49. The van der Waals surface area contributed by atoms with E-state index in [1.807, 2.05) is 11.9 Å². The quantitative estimate of drug-likeness (QED) is 0.607. The van der Waals surface area contributed by atoms with E-state index in [1.54, 1.807) is 0 Å². The van der Waals surface area contributed by atoms with E-state index in [9.17, 15) is 14.9 Å². The standard InChI is InChI=1S/C17H21N3O3/c1-13(2)15-6-4-14(5-7-15)10-18(3)12-19-11-16(20(22)23)8-9-17(19)21/h4-9,11,13H,10,12H2,1-3H3. The summed E-state index contributed by atoms with van der Waals surface area (Å²) in [5.74, 6) is 0.491. The first-order chi connectivity index (χ1) is 10.9. The SMILES string of the molecule is CC(C)c1ccc(CN(C)Cn2cc([N+](=O)[O-])ccc2=O)cc1. The molecule has 0 N–H and O–H groups in total. The maximum absolute atomic E-state index is 11.8. The largest absolute Gasteiger partial charge is 0.295 e. The van der Waals surface area contributed by atoms with Crippen LogP contribution in [-0.4, -0.2) is 21.4 Å². The lowest BCUT2D eigenvalue weighted by atomic mass is 10.0. The molecule has 23 heavy (non-hydrogen) atoms. The fraction of sp³-hybridized carbons (Fsp3) is 0.353. The van der Waals surface area contributed by atoms with Crippen molar-refractivity contribution in [3.63, 3.8) is 0 Å². The minimum atomic E-state index is -0.499. The van der Waals surface area contributed by atoms with Gasteiger partial charge in [-0.05, 0) is 24.1 Å². The molecule has 6 heteroatoms. The molecule has 0 atom stereocenters. The van der Waals surface area contributed by atoms with Crippen molar-refractivity contribution in [3.8, 4) is 0 Å². The van der Waals surface area contributed by atoms with Gasteiger partial charge in [0.15, 0.2) is 0 Å². The highest BCUT2D eigenvalue weighted by atomic mass is 16.6. The molecule has 0 aliphatic heterocycles. The van der Waals surface area contributed by atoms with E-state index in [2.05, 4.69) is 38.1 Å². The van der Waals surface area contributed by atoms with Crippen molar-refractivity contribution in [2.75, 3.05) is 7.05 Å². The summed E-state index contributed by atoms with van der Waals surface area (Å²) in [4.78, 5) is 24.1. The molecule has 0 radical (unpaired) electrons. The smallest absolute Gasteiger partial charge is 0.285 e. The zero-order chi connectivity index (χ0) is 17.0. The Morgan fingerprint density at radius 3 is 2.39 bits per heavy atom. The number of nitro groups is 1. The lowest BCUT2D eigenvalue weighted by molar-refractivity contribution is -0.385. The molecule has 0 saturated carbocycles. The van der Waals surface area contributed by atoms with Crippen LogP contribution < -0.4 is 5.56 Å². The van der Waals surface area contributed by atoms with E-state index in [4.69, 9.17) is 0 Å². The summed E-state index contributed by atoms with van der Waals surface area (Å²) in [6.45, 7) is 5.26. The second-order valence-electron chi connectivity index (χ2n) is 6.00. The number of benzene rings is 1. The van der Waals surface area contributed by atoms with E-state index in [-0.39, 0.29) is 11.2 Å². The summed E-state index contributed by atoms with van der Waals surface area (Å²) in [7, 11) is 1.88. The molecule has 0 fully saturated rings. The Kier molecular flexibility index (Phi) is 5.28. The van der Waals surface area contributed by atoms with Gasteiger partial charge >= 0.3 is 0 Å². The summed E-state index contributed by atoms with van der Waals surface area (Å²) in [6.07, 6.45) is 1.28. The van der Waals surface area contributed by atoms with Crippen LogP contribution in [0.25, 0.3) is 0 Å². The maximum Gasteiger partial charge on any atom is 0.285 e. The van der Waals surface area contributed by atoms with Crippen LogP contribution in [-0.2, 0) is 13.2 Å². The molecule has 122 valence electrons. The van der Waals surface area contributed by atoms with Gasteiger partial charge in [0.05, 0.1) is 17.8 Å². The van der Waals surface area contributed by atoms with Gasteiger partial charge in [0.25, 0.3) is 11.2 Å². The van der Waals surface area contributed by atoms with Crippen LogP contribution in [0.2, 0.25) is 0 Å². The van der Waals surface area contributed by atoms with E-state index in [0.717, 1.165) is 5.56 Å². The summed E-state index contributed by atoms with van der Waals surface area (Å²) in [5.41, 5.74) is 2.08. The number of hydrogen-bond donors (Lipinski definition) is 0. The van der Waals surface area contributed by atoms with Gasteiger partial charge in [0, 0.05) is 18.7 Å². The Labute approximate surface area is 135 Å². The lowest BCUT2D eigenvalue weighted by Gasteiger charge is -2.18. The van der Waals surface area contributed by atoms with Gasteiger partial charge < -0.3 is 0 Å². The molecule has 0 amide bonds. The van der Waals surface area contributed by atoms with Crippen LogP contribution in [0.1, 0.15) is 30.9 Å². The maximum atomic E-state index is 11.8. The number of pyridine rings is 1. The molecule has 0 unspecified atom stereocenters. The topological polar surface area (TPSA) is 68.4 Å². The van der Waals surface area contributed by atoms with Crippen molar-refractivity contribution in [1.29, 1.82) is 0 Å². The third-order valence-corrected chi connectivity index (χ3v) is 3.67. The van der Waals surface area contributed by atoms with Gasteiger partial charge in [0.2, 0.25) is 0 Å². The van der Waals surface area contributed by atoms with Gasteiger partial charge in [-0.15, -0.1) is 0 Å². The minimum Gasteiger partial charge on any atom is -0.295 e. The predicted molar refractivity (Wildman–Crippen MR) is 89.4 cm³/mol. The predicted octanol–water partition coefficient (Wildman–Crippen LogP) is 2.97. The molecule has 1 aromatic heterocycles. The molecule has 0 saturated heterocycles. The average molecular weight is 315 g/mol. The molecule has 1 heterocycles. The number of nitrogens with zero attached hydrogens (tertiary/aromatic N) is 3. The van der Waals surface area contributed by atoms with E-state index in [1.165, 1.54) is 28.5 Å². The normalized spacial score (nSPS) is 11.2. The first-order valence-corrected chi connectivity index (χ1v) is 7.49. The van der Waals surface area contributed by atoms with Crippen molar-refractivity contribution >= 4 is 5.69 Å². The Balaban J connectivity index is 2.07. The number of rotatable bonds is 6. The fourth-order valence-corrected chi connectivity index (χ4v) is 2.37. The van der Waals surface area contributed by atoms with Crippen LogP contribution in [0.4, 0.5) is 5.69 Å². The molecule has 0 spiro atoms. The second-order valence-corrected chi connectivity index (χ2v) is 6.00. The Bertz CT molecular complexity index is 735. The first kappa shape index (κ1) is 16.9. The van der Waals surface area contributed by atoms with Crippen molar-refractivity contribution in [1.82, 2.24) is 9.47 Å². The Morgan fingerprint density at radius 2 is 1.83 bits per heavy atom. The van der Waals surface area contributed by atoms with Gasteiger partial charge in [-0.2, -0.15) is 0 Å². The molecule has 0 aliphatic carbocycles. The third kappa shape index (κ3) is 4.50. The molecular formula is C17H21N3O3. The number of aromatic nitrogens is 1. The van der Waals surface area contributed by atoms with Crippen LogP contribution in [0, 0.1) is 10.1 Å². The molecule has 2 aromatic rings. The summed E-state index contributed by atoms with van der Waals surface area (Å²) in [6, 6.07) is 10.8. The van der Waals surface area contributed by atoms with Crippen molar-refractivity contribution in [3.05, 3.63) is 74.2 Å². The Morgan fingerprint density at radius 1 is 1.17 bits per heavy atom. The molecule has 0 aliphatic rings. The number of hydrogen-bond acceptors (Lipinski definition) is 4. The molecule has 6 nitrogen and oxygen atoms in total. The van der Waals surface area contributed by atoms with Crippen LogP contribution in [0.5, 0.6) is 0 Å². The van der Waals surface area contributed by atoms with Crippen LogP contribution in [0.15, 0.2) is 47.4 Å². The molecule has 1 aromatic carbocycles. The summed E-state index contributed by atoms with van der Waals surface area (Å²) in [5, 5.41) is 10.8. The lowest BCUT2D eigenvalue weighted by Crippen LogP contribution is -2.29. The first-order valence-electron chi connectivity index (χ1n) is 7.49. The van der Waals surface area contributed by atoms with Crippen LogP contribution >= 0.6 is 0 Å². The minimum absolute atomic E-state index is 0.0840. The molecule has 0 bridgehead atoms. The zero-order valence-corrected chi connectivity index (χ0v) is 13.6. The van der Waals surface area contributed by atoms with E-state index in [0.29, 0.717) is 19.1 Å². The fourth-order valence-electron chi connectivity index (χ4n) is 2.37. The van der Waals surface area contributed by atoms with Crippen molar-refractivity contribution in [2.45, 2.75) is 33.0 Å². The summed E-state index contributed by atoms with van der Waals surface area (Å²) >= 11 is 0. The van der Waals surface area contributed by atoms with Gasteiger partial charge in [-0.25, -0.2) is 0 Å². The van der Waals surface area contributed by atoms with Crippen molar-refractivity contribution in [2.24, 2.45) is 0 Å². The highest BCUT2D eigenvalue weighted by Crippen LogP contribution is 2.15. The molecular weight excluding hydrogens is 294 g/mol. The molecule has 2 rings (SSSR count).